The number of hydrogen-bond donors (Lipinski definition) is 0. The standard InChI is InChI=1S/C30H36N4O4S/c1-20-8-6-7-9-23(20)27-26-28(30(2,3)4)31-34(21-10-12-22(37-5)13-11-21)29(26)33(25(36)19-39-27)18-24(35)32-14-16-38-17-15-32/h6-13,27H,14-19H2,1-5H3/t27-/m0/s1. The van der Waals surface area contributed by atoms with Gasteiger partial charge >= 0.3 is 0 Å². The van der Waals surface area contributed by atoms with Gasteiger partial charge in [-0.05, 0) is 42.3 Å². The molecule has 3 heterocycles. The van der Waals surface area contributed by atoms with Crippen LogP contribution in [-0.2, 0) is 19.7 Å². The molecule has 1 fully saturated rings. The highest BCUT2D eigenvalue weighted by molar-refractivity contribution is 8.00. The second-order valence-electron chi connectivity index (χ2n) is 11.0. The third-order valence-electron chi connectivity index (χ3n) is 7.24. The second kappa shape index (κ2) is 11.1. The summed E-state index contributed by atoms with van der Waals surface area (Å²) in [6, 6.07) is 16.0. The number of aromatic nitrogens is 2. The highest BCUT2D eigenvalue weighted by atomic mass is 32.2. The van der Waals surface area contributed by atoms with E-state index in [0.717, 1.165) is 33.8 Å². The van der Waals surface area contributed by atoms with E-state index >= 15 is 0 Å². The van der Waals surface area contributed by atoms with Gasteiger partial charge in [-0.15, -0.1) is 11.8 Å². The molecule has 0 radical (unpaired) electrons. The lowest BCUT2D eigenvalue weighted by Gasteiger charge is -2.30. The summed E-state index contributed by atoms with van der Waals surface area (Å²) < 4.78 is 12.7. The molecule has 39 heavy (non-hydrogen) atoms. The van der Waals surface area contributed by atoms with Crippen molar-refractivity contribution >= 4 is 29.4 Å². The molecular formula is C30H36N4O4S. The topological polar surface area (TPSA) is 76.9 Å². The Hall–Kier alpha value is -3.30. The van der Waals surface area contributed by atoms with Gasteiger partial charge in [-0.2, -0.15) is 5.10 Å². The summed E-state index contributed by atoms with van der Waals surface area (Å²) in [5.74, 6) is 1.47. The summed E-state index contributed by atoms with van der Waals surface area (Å²) in [5, 5.41) is 5.05. The van der Waals surface area contributed by atoms with Gasteiger partial charge in [0, 0.05) is 24.1 Å². The fraction of sp³-hybridized carbons (Fsp3) is 0.433. The average Bonchev–Trinajstić information content (AvgIpc) is 3.28. The minimum absolute atomic E-state index is 0.0433. The largest absolute Gasteiger partial charge is 0.497 e. The highest BCUT2D eigenvalue weighted by Gasteiger charge is 2.40. The number of fused-ring (bicyclic) bond motifs is 1. The lowest BCUT2D eigenvalue weighted by molar-refractivity contribution is -0.134. The molecule has 9 heteroatoms. The number of rotatable bonds is 5. The molecule has 0 unspecified atom stereocenters. The molecule has 2 aromatic carbocycles. The Morgan fingerprint density at radius 1 is 1.10 bits per heavy atom. The van der Waals surface area contributed by atoms with Crippen molar-refractivity contribution in [2.24, 2.45) is 0 Å². The number of methoxy groups -OCH3 is 1. The molecule has 8 nitrogen and oxygen atoms in total. The van der Waals surface area contributed by atoms with Gasteiger partial charge in [0.1, 0.15) is 18.1 Å². The van der Waals surface area contributed by atoms with Crippen LogP contribution in [0.3, 0.4) is 0 Å². The number of nitrogens with zero attached hydrogens (tertiary/aromatic N) is 4. The van der Waals surface area contributed by atoms with Crippen molar-refractivity contribution in [3.05, 3.63) is 70.9 Å². The van der Waals surface area contributed by atoms with Gasteiger partial charge < -0.3 is 14.4 Å². The summed E-state index contributed by atoms with van der Waals surface area (Å²) in [7, 11) is 1.63. The Bertz CT molecular complexity index is 1360. The van der Waals surface area contributed by atoms with Crippen molar-refractivity contribution in [2.75, 3.05) is 50.6 Å². The number of morpholine rings is 1. The van der Waals surface area contributed by atoms with Crippen LogP contribution in [0, 0.1) is 6.92 Å². The number of ether oxygens (including phenoxy) is 2. The minimum atomic E-state index is -0.309. The number of carbonyl (C=O) groups excluding carboxylic acids is 2. The number of amides is 2. The zero-order valence-corrected chi connectivity index (χ0v) is 24.1. The van der Waals surface area contributed by atoms with Crippen molar-refractivity contribution in [2.45, 2.75) is 38.4 Å². The van der Waals surface area contributed by atoms with Gasteiger partial charge in [0.15, 0.2) is 0 Å². The Kier molecular flexibility index (Phi) is 7.73. The van der Waals surface area contributed by atoms with Crippen molar-refractivity contribution < 1.29 is 19.1 Å². The van der Waals surface area contributed by atoms with E-state index in [1.165, 1.54) is 0 Å². The van der Waals surface area contributed by atoms with Gasteiger partial charge in [0.2, 0.25) is 11.8 Å². The maximum absolute atomic E-state index is 13.8. The molecule has 0 saturated carbocycles. The Morgan fingerprint density at radius 3 is 2.44 bits per heavy atom. The Labute approximate surface area is 234 Å². The Morgan fingerprint density at radius 2 is 1.79 bits per heavy atom. The van der Waals surface area contributed by atoms with Crippen molar-refractivity contribution in [3.63, 3.8) is 0 Å². The summed E-state index contributed by atoms with van der Waals surface area (Å²) in [4.78, 5) is 30.8. The maximum atomic E-state index is 13.8. The number of hydrogen-bond acceptors (Lipinski definition) is 6. The number of carbonyl (C=O) groups is 2. The Balaban J connectivity index is 1.73. The molecule has 1 saturated heterocycles. The third-order valence-corrected chi connectivity index (χ3v) is 8.48. The van der Waals surface area contributed by atoms with Crippen molar-refractivity contribution in [1.82, 2.24) is 14.7 Å². The quantitative estimate of drug-likeness (QED) is 0.467. The molecule has 0 spiro atoms. The third kappa shape index (κ3) is 5.43. The highest BCUT2D eigenvalue weighted by Crippen LogP contribution is 2.49. The van der Waals surface area contributed by atoms with Crippen molar-refractivity contribution in [1.29, 1.82) is 0 Å². The number of benzene rings is 2. The van der Waals surface area contributed by atoms with Crippen LogP contribution in [-0.4, -0.2) is 72.2 Å². The molecule has 0 N–H and O–H groups in total. The molecule has 3 aromatic rings. The normalized spacial score (nSPS) is 18.1. The van der Waals surface area contributed by atoms with Gasteiger partial charge in [0.05, 0.1) is 42.7 Å². The van der Waals surface area contributed by atoms with Crippen LogP contribution >= 0.6 is 11.8 Å². The summed E-state index contributed by atoms with van der Waals surface area (Å²) in [6.45, 7) is 10.6. The lowest BCUT2D eigenvalue weighted by atomic mass is 9.86. The SMILES string of the molecule is COc1ccc(-n2nc(C(C)(C)C)c3c2N(CC(=O)N2CCOCC2)C(=O)CS[C@H]3c2ccccc2C)cc1. The van der Waals surface area contributed by atoms with Gasteiger partial charge in [-0.1, -0.05) is 45.0 Å². The molecule has 0 aliphatic carbocycles. The fourth-order valence-corrected chi connectivity index (χ4v) is 6.44. The molecule has 5 rings (SSSR count). The van der Waals surface area contributed by atoms with E-state index in [1.54, 1.807) is 28.7 Å². The first-order chi connectivity index (χ1) is 18.7. The molecule has 2 aliphatic rings. The molecule has 0 bridgehead atoms. The lowest BCUT2D eigenvalue weighted by Crippen LogP contribution is -2.48. The van der Waals surface area contributed by atoms with E-state index in [1.807, 2.05) is 41.1 Å². The van der Waals surface area contributed by atoms with E-state index < -0.39 is 0 Å². The smallest absolute Gasteiger partial charge is 0.242 e. The van der Waals surface area contributed by atoms with Crippen LogP contribution in [0.5, 0.6) is 5.75 Å². The summed E-state index contributed by atoms with van der Waals surface area (Å²) in [5.41, 5.74) is 4.69. The van der Waals surface area contributed by atoms with E-state index in [9.17, 15) is 9.59 Å². The van der Waals surface area contributed by atoms with Crippen LogP contribution in [0.1, 0.15) is 48.4 Å². The van der Waals surface area contributed by atoms with Gasteiger partial charge in [0.25, 0.3) is 0 Å². The molecule has 2 amide bonds. The van der Waals surface area contributed by atoms with Gasteiger partial charge in [-0.3, -0.25) is 14.5 Å². The molecular weight excluding hydrogens is 512 g/mol. The van der Waals surface area contributed by atoms with Crippen LogP contribution in [0.2, 0.25) is 0 Å². The predicted molar refractivity (Wildman–Crippen MR) is 154 cm³/mol. The van der Waals surface area contributed by atoms with Crippen LogP contribution in [0.25, 0.3) is 5.69 Å². The summed E-state index contributed by atoms with van der Waals surface area (Å²) >= 11 is 1.60. The zero-order chi connectivity index (χ0) is 27.7. The first-order valence-electron chi connectivity index (χ1n) is 13.3. The van der Waals surface area contributed by atoms with E-state index in [2.05, 4.69) is 39.8 Å². The second-order valence-corrected chi connectivity index (χ2v) is 12.1. The zero-order valence-electron chi connectivity index (χ0n) is 23.3. The van der Waals surface area contributed by atoms with Crippen molar-refractivity contribution in [3.8, 4) is 11.4 Å². The number of anilines is 1. The van der Waals surface area contributed by atoms with Crippen LogP contribution in [0.4, 0.5) is 5.82 Å². The first kappa shape index (κ1) is 27.3. The van der Waals surface area contributed by atoms with Gasteiger partial charge in [-0.25, -0.2) is 4.68 Å². The predicted octanol–water partition coefficient (Wildman–Crippen LogP) is 4.51. The average molecular weight is 549 g/mol. The monoisotopic (exact) mass is 548 g/mol. The number of thioether (sulfide) groups is 1. The van der Waals surface area contributed by atoms with Crippen LogP contribution < -0.4 is 9.64 Å². The molecule has 2 aliphatic heterocycles. The summed E-state index contributed by atoms with van der Waals surface area (Å²) in [6.07, 6.45) is 0. The fourth-order valence-electron chi connectivity index (χ4n) is 5.15. The van der Waals surface area contributed by atoms with Crippen LogP contribution in [0.15, 0.2) is 48.5 Å². The van der Waals surface area contributed by atoms with E-state index in [-0.39, 0.29) is 34.8 Å². The number of aryl methyl sites for hydroxylation is 1. The maximum Gasteiger partial charge on any atom is 0.242 e. The first-order valence-corrected chi connectivity index (χ1v) is 14.3. The van der Waals surface area contributed by atoms with E-state index in [0.29, 0.717) is 32.1 Å². The molecule has 206 valence electrons. The molecule has 1 atom stereocenters. The molecule has 1 aromatic heterocycles. The minimum Gasteiger partial charge on any atom is -0.497 e. The van der Waals surface area contributed by atoms with E-state index in [4.69, 9.17) is 14.6 Å².